The molecule has 0 unspecified atom stereocenters. The molecule has 9 nitrogen and oxygen atoms in total. The Morgan fingerprint density at radius 2 is 2.00 bits per heavy atom. The largest absolute Gasteiger partial charge is 0.444 e. The summed E-state index contributed by atoms with van der Waals surface area (Å²) in [6.07, 6.45) is 5.44. The van der Waals surface area contributed by atoms with Crippen molar-refractivity contribution in [3.63, 3.8) is 0 Å². The predicted molar refractivity (Wildman–Crippen MR) is 106 cm³/mol. The summed E-state index contributed by atoms with van der Waals surface area (Å²) < 4.78 is 5.34. The second-order valence-corrected chi connectivity index (χ2v) is 6.21. The van der Waals surface area contributed by atoms with Gasteiger partial charge in [-0.05, 0) is 24.3 Å². The smallest absolute Gasteiger partial charge is 0.227 e. The Kier molecular flexibility index (Phi) is 4.02. The molecule has 140 valence electrons. The summed E-state index contributed by atoms with van der Waals surface area (Å²) in [5.74, 6) is 1.15. The molecule has 0 amide bonds. The van der Waals surface area contributed by atoms with Crippen LogP contribution in [0.2, 0.25) is 0 Å². The fraction of sp³-hybridized carbons (Fsp3) is 0. The number of hydrogen-bond acceptors (Lipinski definition) is 8. The van der Waals surface area contributed by atoms with Crippen molar-refractivity contribution in [1.29, 1.82) is 0 Å². The first kappa shape index (κ1) is 16.8. The van der Waals surface area contributed by atoms with Gasteiger partial charge in [0.25, 0.3) is 0 Å². The maximum Gasteiger partial charge on any atom is 0.227 e. The van der Waals surface area contributed by atoms with Crippen molar-refractivity contribution < 1.29 is 9.21 Å². The maximum absolute atomic E-state index is 11.1. The molecule has 0 saturated heterocycles. The van der Waals surface area contributed by atoms with E-state index in [2.05, 4.69) is 35.7 Å². The van der Waals surface area contributed by atoms with Crippen LogP contribution < -0.4 is 5.32 Å². The van der Waals surface area contributed by atoms with E-state index in [0.717, 1.165) is 27.7 Å². The highest BCUT2D eigenvalue weighted by Gasteiger charge is 2.11. The number of nitrogens with one attached hydrogen (secondary N) is 2. The Morgan fingerprint density at radius 1 is 1.03 bits per heavy atom. The van der Waals surface area contributed by atoms with Gasteiger partial charge in [0.05, 0.1) is 11.7 Å². The zero-order chi connectivity index (χ0) is 19.6. The van der Waals surface area contributed by atoms with Crippen LogP contribution in [0.25, 0.3) is 33.5 Å². The number of H-pyrrole nitrogens is 1. The molecule has 0 aliphatic heterocycles. The minimum absolute atomic E-state index is 0.259. The van der Waals surface area contributed by atoms with Gasteiger partial charge in [-0.3, -0.25) is 4.79 Å². The van der Waals surface area contributed by atoms with Gasteiger partial charge < -0.3 is 9.73 Å². The lowest BCUT2D eigenvalue weighted by Crippen LogP contribution is -1.97. The van der Waals surface area contributed by atoms with E-state index in [4.69, 9.17) is 4.42 Å². The lowest BCUT2D eigenvalue weighted by molar-refractivity contribution is 0.111. The average Bonchev–Trinajstić information content (AvgIpc) is 3.45. The van der Waals surface area contributed by atoms with Gasteiger partial charge in [-0.25, -0.2) is 15.0 Å². The van der Waals surface area contributed by atoms with E-state index >= 15 is 0 Å². The molecular formula is C20H13N7O2. The lowest BCUT2D eigenvalue weighted by atomic mass is 10.1. The second-order valence-electron chi connectivity index (χ2n) is 6.21. The van der Waals surface area contributed by atoms with Gasteiger partial charge in [0.1, 0.15) is 5.69 Å². The highest BCUT2D eigenvalue weighted by Crippen LogP contribution is 2.26. The van der Waals surface area contributed by atoms with Crippen molar-refractivity contribution in [2.75, 3.05) is 5.32 Å². The SMILES string of the molecule is O=Cc1n[nH]nc1-c1ccc2nc(Nc3cccc(-c4cnco4)c3)ncc2c1. The van der Waals surface area contributed by atoms with Gasteiger partial charge >= 0.3 is 0 Å². The molecule has 5 rings (SSSR count). The van der Waals surface area contributed by atoms with Crippen LogP contribution in [-0.2, 0) is 0 Å². The van der Waals surface area contributed by atoms with Crippen molar-refractivity contribution >= 4 is 28.8 Å². The van der Waals surface area contributed by atoms with E-state index in [1.807, 2.05) is 42.5 Å². The number of aromatic nitrogens is 6. The highest BCUT2D eigenvalue weighted by atomic mass is 16.3. The molecule has 0 saturated carbocycles. The Morgan fingerprint density at radius 3 is 2.86 bits per heavy atom. The summed E-state index contributed by atoms with van der Waals surface area (Å²) in [6, 6.07) is 13.3. The van der Waals surface area contributed by atoms with Crippen molar-refractivity contribution in [1.82, 2.24) is 30.4 Å². The van der Waals surface area contributed by atoms with E-state index in [1.54, 1.807) is 12.4 Å². The number of benzene rings is 2. The second kappa shape index (κ2) is 6.97. The monoisotopic (exact) mass is 383 g/mol. The van der Waals surface area contributed by atoms with Gasteiger partial charge in [-0.1, -0.05) is 18.2 Å². The van der Waals surface area contributed by atoms with Gasteiger partial charge in [0.2, 0.25) is 5.95 Å². The number of rotatable bonds is 5. The number of nitrogens with zero attached hydrogens (tertiary/aromatic N) is 5. The standard InChI is InChI=1S/C20H13N7O2/c28-10-17-19(26-27-25-17)13-4-5-16-14(6-13)8-22-20(24-16)23-15-3-1-2-12(7-15)18-9-21-11-29-18/h1-11H,(H,22,23,24)(H,25,26,27). The molecule has 3 aromatic heterocycles. The van der Waals surface area contributed by atoms with Crippen LogP contribution in [0, 0.1) is 0 Å². The van der Waals surface area contributed by atoms with E-state index < -0.39 is 0 Å². The van der Waals surface area contributed by atoms with Crippen molar-refractivity contribution in [3.8, 4) is 22.6 Å². The minimum Gasteiger partial charge on any atom is -0.444 e. The molecule has 0 aliphatic carbocycles. The normalized spacial score (nSPS) is 10.9. The van der Waals surface area contributed by atoms with E-state index in [1.165, 1.54) is 6.39 Å². The molecule has 0 spiro atoms. The number of carbonyl (C=O) groups excluding carboxylic acids is 1. The average molecular weight is 383 g/mol. The first-order valence-corrected chi connectivity index (χ1v) is 8.69. The number of oxazole rings is 1. The molecule has 0 radical (unpaired) electrons. The molecule has 0 fully saturated rings. The number of hydrogen-bond donors (Lipinski definition) is 2. The van der Waals surface area contributed by atoms with Crippen LogP contribution in [0.3, 0.4) is 0 Å². The quantitative estimate of drug-likeness (QED) is 0.441. The van der Waals surface area contributed by atoms with E-state index in [9.17, 15) is 4.79 Å². The number of anilines is 2. The lowest BCUT2D eigenvalue weighted by Gasteiger charge is -2.07. The molecule has 29 heavy (non-hydrogen) atoms. The third kappa shape index (κ3) is 3.21. The van der Waals surface area contributed by atoms with Crippen molar-refractivity contribution in [2.24, 2.45) is 0 Å². The summed E-state index contributed by atoms with van der Waals surface area (Å²) in [4.78, 5) is 24.0. The van der Waals surface area contributed by atoms with Gasteiger partial charge in [0.15, 0.2) is 24.1 Å². The first-order valence-electron chi connectivity index (χ1n) is 8.69. The van der Waals surface area contributed by atoms with Gasteiger partial charge in [-0.15, -0.1) is 0 Å². The zero-order valence-corrected chi connectivity index (χ0v) is 14.9. The summed E-state index contributed by atoms with van der Waals surface area (Å²) in [6.45, 7) is 0. The fourth-order valence-corrected chi connectivity index (χ4v) is 3.01. The number of aromatic amines is 1. The molecule has 0 atom stereocenters. The molecule has 2 N–H and O–H groups in total. The Labute approximate surface area is 163 Å². The van der Waals surface area contributed by atoms with Crippen LogP contribution in [0.1, 0.15) is 10.5 Å². The van der Waals surface area contributed by atoms with Crippen LogP contribution in [0.15, 0.2) is 65.7 Å². The molecule has 0 aliphatic rings. The van der Waals surface area contributed by atoms with Crippen LogP contribution >= 0.6 is 0 Å². The zero-order valence-electron chi connectivity index (χ0n) is 14.9. The highest BCUT2D eigenvalue weighted by molar-refractivity contribution is 5.88. The Balaban J connectivity index is 1.44. The number of fused-ring (bicyclic) bond motifs is 1. The molecule has 9 heteroatoms. The predicted octanol–water partition coefficient (Wildman–Crippen LogP) is 3.63. The van der Waals surface area contributed by atoms with Crippen LogP contribution in [0.4, 0.5) is 11.6 Å². The van der Waals surface area contributed by atoms with E-state index in [0.29, 0.717) is 23.7 Å². The topological polar surface area (TPSA) is 122 Å². The summed E-state index contributed by atoms with van der Waals surface area (Å²) in [5.41, 5.74) is 4.00. The summed E-state index contributed by atoms with van der Waals surface area (Å²) >= 11 is 0. The molecule has 0 bridgehead atoms. The molecule has 3 heterocycles. The van der Waals surface area contributed by atoms with Crippen molar-refractivity contribution in [2.45, 2.75) is 0 Å². The third-order valence-electron chi connectivity index (χ3n) is 4.38. The number of aldehydes is 1. The summed E-state index contributed by atoms with van der Waals surface area (Å²) in [7, 11) is 0. The van der Waals surface area contributed by atoms with Crippen molar-refractivity contribution in [3.05, 3.63) is 66.9 Å². The number of carbonyl (C=O) groups is 1. The van der Waals surface area contributed by atoms with Crippen LogP contribution in [0.5, 0.6) is 0 Å². The maximum atomic E-state index is 11.1. The molecule has 2 aromatic carbocycles. The summed E-state index contributed by atoms with van der Waals surface area (Å²) in [5, 5.41) is 14.3. The van der Waals surface area contributed by atoms with E-state index in [-0.39, 0.29) is 5.69 Å². The van der Waals surface area contributed by atoms with Gasteiger partial charge in [0, 0.05) is 28.4 Å². The first-order chi connectivity index (χ1) is 14.3. The third-order valence-corrected chi connectivity index (χ3v) is 4.38. The minimum atomic E-state index is 0.259. The Hall–Kier alpha value is -4.40. The molecule has 5 aromatic rings. The Bertz CT molecular complexity index is 1310. The molecular weight excluding hydrogens is 370 g/mol. The fourth-order valence-electron chi connectivity index (χ4n) is 3.01. The van der Waals surface area contributed by atoms with Gasteiger partial charge in [-0.2, -0.15) is 15.4 Å². The van der Waals surface area contributed by atoms with Crippen LogP contribution in [-0.4, -0.2) is 36.6 Å².